The van der Waals surface area contributed by atoms with Gasteiger partial charge in [-0.1, -0.05) is 43.6 Å². The van der Waals surface area contributed by atoms with Crippen molar-refractivity contribution in [3.05, 3.63) is 63.1 Å². The Balaban J connectivity index is 2.11. The fourth-order valence-corrected chi connectivity index (χ4v) is 3.52. The Bertz CT molecular complexity index is 857. The van der Waals surface area contributed by atoms with Gasteiger partial charge in [0.1, 0.15) is 11.8 Å². The van der Waals surface area contributed by atoms with Crippen LogP contribution in [0, 0.1) is 5.92 Å². The lowest BCUT2D eigenvalue weighted by molar-refractivity contribution is -0.124. The molecule has 2 atom stereocenters. The minimum Gasteiger partial charge on any atom is -0.496 e. The Hall–Kier alpha value is -2.05. The minimum absolute atomic E-state index is 0.0961. The Morgan fingerprint density at radius 3 is 2.32 bits per heavy atom. The van der Waals surface area contributed by atoms with Gasteiger partial charge in [0.15, 0.2) is 0 Å². The predicted molar refractivity (Wildman–Crippen MR) is 115 cm³/mol. The van der Waals surface area contributed by atoms with Crippen molar-refractivity contribution >= 4 is 39.3 Å². The summed E-state index contributed by atoms with van der Waals surface area (Å²) in [5, 5.41) is 6.11. The summed E-state index contributed by atoms with van der Waals surface area (Å²) in [5.41, 5.74) is 1.26. The zero-order chi connectivity index (χ0) is 20.8. The molecule has 0 saturated carbocycles. The fourth-order valence-electron chi connectivity index (χ4n) is 2.74. The van der Waals surface area contributed by atoms with E-state index in [0.29, 0.717) is 16.3 Å². The van der Waals surface area contributed by atoms with Crippen molar-refractivity contribution in [3.63, 3.8) is 0 Å². The van der Waals surface area contributed by atoms with Crippen LogP contribution < -0.4 is 15.4 Å². The van der Waals surface area contributed by atoms with Gasteiger partial charge in [-0.3, -0.25) is 9.59 Å². The van der Waals surface area contributed by atoms with E-state index in [1.807, 2.05) is 39.0 Å². The molecule has 0 fully saturated rings. The summed E-state index contributed by atoms with van der Waals surface area (Å²) in [5.74, 6) is -0.00952. The maximum absolute atomic E-state index is 12.8. The number of rotatable bonds is 7. The van der Waals surface area contributed by atoms with Crippen molar-refractivity contribution in [1.29, 1.82) is 0 Å². The summed E-state index contributed by atoms with van der Waals surface area (Å²) in [6.45, 7) is 5.65. The first-order chi connectivity index (χ1) is 13.2. The molecule has 0 aliphatic carbocycles. The van der Waals surface area contributed by atoms with Crippen LogP contribution in [0.15, 0.2) is 46.9 Å². The second kappa shape index (κ2) is 9.94. The van der Waals surface area contributed by atoms with Gasteiger partial charge in [0.2, 0.25) is 5.91 Å². The second-order valence-corrected chi connectivity index (χ2v) is 8.06. The first kappa shape index (κ1) is 22.2. The summed E-state index contributed by atoms with van der Waals surface area (Å²) < 4.78 is 6.04. The molecule has 0 heterocycles. The molecule has 0 aliphatic heterocycles. The molecule has 150 valence electrons. The Kier molecular flexibility index (Phi) is 7.89. The lowest BCUT2D eigenvalue weighted by Gasteiger charge is -2.24. The quantitative estimate of drug-likeness (QED) is 0.618. The van der Waals surface area contributed by atoms with Crippen molar-refractivity contribution in [2.75, 3.05) is 7.11 Å². The van der Waals surface area contributed by atoms with Gasteiger partial charge in [-0.15, -0.1) is 0 Å². The molecule has 0 bridgehead atoms. The van der Waals surface area contributed by atoms with Gasteiger partial charge < -0.3 is 15.4 Å². The van der Waals surface area contributed by atoms with Crippen LogP contribution in [0.3, 0.4) is 0 Å². The minimum atomic E-state index is -0.687. The number of amides is 2. The van der Waals surface area contributed by atoms with E-state index in [2.05, 4.69) is 26.6 Å². The molecular formula is C21H24BrClN2O3. The van der Waals surface area contributed by atoms with Gasteiger partial charge in [-0.25, -0.2) is 0 Å². The standard InChI is InChI=1S/C21H24BrClN2O3/c1-12(2)19(25-20(26)15-7-5-6-8-17(15)23)21(27)24-13(3)14-9-10-18(28-4)16(22)11-14/h5-13,19H,1-4H3,(H,24,27)(H,25,26). The van der Waals surface area contributed by atoms with Crippen LogP contribution in [0.25, 0.3) is 0 Å². The number of carbonyl (C=O) groups excluding carboxylic acids is 2. The summed E-state index contributed by atoms with van der Waals surface area (Å²) in [4.78, 5) is 25.4. The van der Waals surface area contributed by atoms with E-state index >= 15 is 0 Å². The third-order valence-corrected chi connectivity index (χ3v) is 5.34. The number of nitrogens with one attached hydrogen (secondary N) is 2. The van der Waals surface area contributed by atoms with Crippen LogP contribution in [0.5, 0.6) is 5.75 Å². The van der Waals surface area contributed by atoms with Crippen molar-refractivity contribution in [2.24, 2.45) is 5.92 Å². The van der Waals surface area contributed by atoms with Gasteiger partial charge in [-0.05, 0) is 58.6 Å². The van der Waals surface area contributed by atoms with E-state index < -0.39 is 6.04 Å². The molecule has 0 aromatic heterocycles. The Labute approximate surface area is 178 Å². The number of halogens is 2. The number of hydrogen-bond donors (Lipinski definition) is 2. The van der Waals surface area contributed by atoms with Crippen LogP contribution in [-0.4, -0.2) is 25.0 Å². The highest BCUT2D eigenvalue weighted by atomic mass is 79.9. The van der Waals surface area contributed by atoms with Crippen LogP contribution >= 0.6 is 27.5 Å². The molecule has 0 spiro atoms. The maximum atomic E-state index is 12.8. The third-order valence-electron chi connectivity index (χ3n) is 4.39. The van der Waals surface area contributed by atoms with Gasteiger partial charge in [0, 0.05) is 0 Å². The van der Waals surface area contributed by atoms with Gasteiger partial charge >= 0.3 is 0 Å². The molecule has 2 aromatic carbocycles. The monoisotopic (exact) mass is 466 g/mol. The normalized spacial score (nSPS) is 13.0. The maximum Gasteiger partial charge on any atom is 0.253 e. The highest BCUT2D eigenvalue weighted by Crippen LogP contribution is 2.28. The van der Waals surface area contributed by atoms with Crippen molar-refractivity contribution in [3.8, 4) is 5.75 Å². The summed E-state index contributed by atoms with van der Waals surface area (Å²) in [7, 11) is 1.60. The van der Waals surface area contributed by atoms with Gasteiger partial charge in [-0.2, -0.15) is 0 Å². The number of carbonyl (C=O) groups is 2. The second-order valence-electron chi connectivity index (χ2n) is 6.80. The summed E-state index contributed by atoms with van der Waals surface area (Å²) in [6, 6.07) is 11.4. The molecule has 0 radical (unpaired) electrons. The van der Waals surface area contributed by atoms with E-state index in [9.17, 15) is 9.59 Å². The molecule has 28 heavy (non-hydrogen) atoms. The molecule has 0 aliphatic rings. The van der Waals surface area contributed by atoms with Gasteiger partial charge in [0.05, 0.1) is 28.2 Å². The van der Waals surface area contributed by atoms with Crippen LogP contribution in [0.4, 0.5) is 0 Å². The highest BCUT2D eigenvalue weighted by Gasteiger charge is 2.26. The predicted octanol–water partition coefficient (Wildman–Crippen LogP) is 4.74. The molecular weight excluding hydrogens is 444 g/mol. The molecule has 2 rings (SSSR count). The van der Waals surface area contributed by atoms with Crippen LogP contribution in [0.1, 0.15) is 42.7 Å². The lowest BCUT2D eigenvalue weighted by Crippen LogP contribution is -2.50. The average Bonchev–Trinajstić information content (AvgIpc) is 2.65. The molecule has 2 unspecified atom stereocenters. The van der Waals surface area contributed by atoms with Crippen molar-refractivity contribution in [2.45, 2.75) is 32.9 Å². The Morgan fingerprint density at radius 2 is 1.75 bits per heavy atom. The largest absolute Gasteiger partial charge is 0.496 e. The Morgan fingerprint density at radius 1 is 1.07 bits per heavy atom. The van der Waals surface area contributed by atoms with Gasteiger partial charge in [0.25, 0.3) is 5.91 Å². The van der Waals surface area contributed by atoms with E-state index in [4.69, 9.17) is 16.3 Å². The van der Waals surface area contributed by atoms with Crippen molar-refractivity contribution in [1.82, 2.24) is 10.6 Å². The summed E-state index contributed by atoms with van der Waals surface area (Å²) >= 11 is 9.54. The number of methoxy groups -OCH3 is 1. The molecule has 2 amide bonds. The third kappa shape index (κ3) is 5.49. The van der Waals surface area contributed by atoms with Crippen LogP contribution in [-0.2, 0) is 4.79 Å². The zero-order valence-corrected chi connectivity index (χ0v) is 18.6. The first-order valence-corrected chi connectivity index (χ1v) is 10.1. The summed E-state index contributed by atoms with van der Waals surface area (Å²) in [6.07, 6.45) is 0. The molecule has 0 saturated heterocycles. The smallest absolute Gasteiger partial charge is 0.253 e. The molecule has 5 nitrogen and oxygen atoms in total. The number of benzene rings is 2. The average molecular weight is 468 g/mol. The molecule has 7 heteroatoms. The first-order valence-electron chi connectivity index (χ1n) is 8.93. The van der Waals surface area contributed by atoms with E-state index in [1.165, 1.54) is 0 Å². The molecule has 2 aromatic rings. The van der Waals surface area contributed by atoms with Crippen molar-refractivity contribution < 1.29 is 14.3 Å². The topological polar surface area (TPSA) is 67.4 Å². The van der Waals surface area contributed by atoms with E-state index in [0.717, 1.165) is 10.0 Å². The molecule has 2 N–H and O–H groups in total. The lowest BCUT2D eigenvalue weighted by atomic mass is 10.0. The number of hydrogen-bond acceptors (Lipinski definition) is 3. The van der Waals surface area contributed by atoms with E-state index in [1.54, 1.807) is 31.4 Å². The zero-order valence-electron chi connectivity index (χ0n) is 16.3. The van der Waals surface area contributed by atoms with E-state index in [-0.39, 0.29) is 23.8 Å². The SMILES string of the molecule is COc1ccc(C(C)NC(=O)C(NC(=O)c2ccccc2Cl)C(C)C)cc1Br. The van der Waals surface area contributed by atoms with Crippen LogP contribution in [0.2, 0.25) is 5.02 Å². The highest BCUT2D eigenvalue weighted by molar-refractivity contribution is 9.10. The number of ether oxygens (including phenoxy) is 1. The fraction of sp³-hybridized carbons (Fsp3) is 0.333.